The van der Waals surface area contributed by atoms with Gasteiger partial charge in [0.25, 0.3) is 0 Å². The Kier molecular flexibility index (Phi) is 4.33. The average Bonchev–Trinajstić information content (AvgIpc) is 3.16. The second kappa shape index (κ2) is 6.41. The number of hydrogen-bond acceptors (Lipinski definition) is 5. The molecular formula is C15H21N5O3. The van der Waals surface area contributed by atoms with Gasteiger partial charge < -0.3 is 23.9 Å². The molecule has 2 aromatic heterocycles. The van der Waals surface area contributed by atoms with E-state index in [1.165, 1.54) is 0 Å². The van der Waals surface area contributed by atoms with E-state index in [0.29, 0.717) is 19.7 Å². The van der Waals surface area contributed by atoms with Crippen LogP contribution >= 0.6 is 0 Å². The Morgan fingerprint density at radius 3 is 2.96 bits per heavy atom. The fourth-order valence-electron chi connectivity index (χ4n) is 2.61. The highest BCUT2D eigenvalue weighted by Gasteiger charge is 2.29. The van der Waals surface area contributed by atoms with Gasteiger partial charge in [-0.1, -0.05) is 0 Å². The van der Waals surface area contributed by atoms with E-state index in [1.54, 1.807) is 15.8 Å². The number of aryl methyl sites for hydroxylation is 2. The predicted octanol–water partition coefficient (Wildman–Crippen LogP) is 1.56. The minimum atomic E-state index is -0.261. The maximum Gasteiger partial charge on any atom is 0.318 e. The summed E-state index contributed by atoms with van der Waals surface area (Å²) >= 11 is 0. The molecule has 0 spiro atoms. The summed E-state index contributed by atoms with van der Waals surface area (Å²) in [6.45, 7) is 5.24. The Hall–Kier alpha value is -2.35. The van der Waals surface area contributed by atoms with Gasteiger partial charge in [0.15, 0.2) is 5.82 Å². The highest BCUT2D eigenvalue weighted by atomic mass is 16.5. The first-order valence-electron chi connectivity index (χ1n) is 7.62. The largest absolute Gasteiger partial charge is 0.464 e. The van der Waals surface area contributed by atoms with Crippen molar-refractivity contribution in [2.75, 3.05) is 19.7 Å². The van der Waals surface area contributed by atoms with Crippen LogP contribution in [0.25, 0.3) is 0 Å². The van der Waals surface area contributed by atoms with Gasteiger partial charge in [-0.2, -0.15) is 0 Å². The van der Waals surface area contributed by atoms with E-state index < -0.39 is 0 Å². The Morgan fingerprint density at radius 1 is 1.48 bits per heavy atom. The van der Waals surface area contributed by atoms with Crippen LogP contribution in [-0.2, 0) is 11.8 Å². The van der Waals surface area contributed by atoms with E-state index in [-0.39, 0.29) is 18.2 Å². The summed E-state index contributed by atoms with van der Waals surface area (Å²) in [6.07, 6.45) is 1.36. The summed E-state index contributed by atoms with van der Waals surface area (Å²) in [5.41, 5.74) is 0. The lowest BCUT2D eigenvalue weighted by molar-refractivity contribution is -0.0218. The van der Waals surface area contributed by atoms with Crippen molar-refractivity contribution in [1.29, 1.82) is 0 Å². The Morgan fingerprint density at radius 2 is 2.30 bits per heavy atom. The molecule has 8 heteroatoms. The Labute approximate surface area is 134 Å². The van der Waals surface area contributed by atoms with E-state index in [9.17, 15) is 4.79 Å². The van der Waals surface area contributed by atoms with Crippen molar-refractivity contribution < 1.29 is 13.9 Å². The summed E-state index contributed by atoms with van der Waals surface area (Å²) < 4.78 is 13.1. The molecule has 0 aromatic carbocycles. The molecule has 2 atom stereocenters. The lowest BCUT2D eigenvalue weighted by Crippen LogP contribution is -2.48. The fourth-order valence-corrected chi connectivity index (χ4v) is 2.61. The third-order valence-corrected chi connectivity index (χ3v) is 3.92. The van der Waals surface area contributed by atoms with Crippen molar-refractivity contribution >= 4 is 6.03 Å². The molecule has 8 nitrogen and oxygen atoms in total. The molecule has 3 heterocycles. The number of nitrogens with zero attached hydrogens (tertiary/aromatic N) is 4. The molecule has 124 valence electrons. The maximum absolute atomic E-state index is 12.5. The van der Waals surface area contributed by atoms with Crippen LogP contribution in [0.2, 0.25) is 0 Å². The van der Waals surface area contributed by atoms with Gasteiger partial charge in [-0.15, -0.1) is 10.2 Å². The molecule has 1 N–H and O–H groups in total. The molecule has 0 aliphatic carbocycles. The van der Waals surface area contributed by atoms with Gasteiger partial charge in [-0.25, -0.2) is 4.79 Å². The zero-order valence-electron chi connectivity index (χ0n) is 13.5. The van der Waals surface area contributed by atoms with Crippen LogP contribution < -0.4 is 5.32 Å². The molecule has 2 amide bonds. The number of morpholine rings is 1. The van der Waals surface area contributed by atoms with E-state index >= 15 is 0 Å². The van der Waals surface area contributed by atoms with Crippen molar-refractivity contribution in [1.82, 2.24) is 25.0 Å². The van der Waals surface area contributed by atoms with Gasteiger partial charge in [0.2, 0.25) is 0 Å². The topological polar surface area (TPSA) is 85.4 Å². The maximum atomic E-state index is 12.5. The van der Waals surface area contributed by atoms with Crippen molar-refractivity contribution in [2.45, 2.75) is 26.0 Å². The summed E-state index contributed by atoms with van der Waals surface area (Å²) in [6, 6.07) is 3.44. The molecule has 1 aliphatic rings. The molecule has 0 bridgehead atoms. The van der Waals surface area contributed by atoms with E-state index in [2.05, 4.69) is 15.5 Å². The summed E-state index contributed by atoms with van der Waals surface area (Å²) in [5, 5.41) is 10.9. The van der Waals surface area contributed by atoms with Crippen molar-refractivity contribution in [3.8, 4) is 0 Å². The summed E-state index contributed by atoms with van der Waals surface area (Å²) in [4.78, 5) is 14.2. The average molecular weight is 319 g/mol. The number of carbonyl (C=O) groups excluding carboxylic acids is 1. The quantitative estimate of drug-likeness (QED) is 0.928. The van der Waals surface area contributed by atoms with Gasteiger partial charge in [-0.05, 0) is 26.0 Å². The first kappa shape index (κ1) is 15.5. The van der Waals surface area contributed by atoms with E-state index in [0.717, 1.165) is 17.3 Å². The number of nitrogens with one attached hydrogen (secondary N) is 1. The first-order valence-corrected chi connectivity index (χ1v) is 7.62. The molecule has 0 saturated carbocycles. The number of ether oxygens (including phenoxy) is 1. The van der Waals surface area contributed by atoms with Gasteiger partial charge in [0.1, 0.15) is 24.0 Å². The molecule has 1 saturated heterocycles. The third kappa shape index (κ3) is 3.37. The van der Waals surface area contributed by atoms with Gasteiger partial charge in [0, 0.05) is 13.6 Å². The molecule has 23 heavy (non-hydrogen) atoms. The minimum Gasteiger partial charge on any atom is -0.464 e. The van der Waals surface area contributed by atoms with Crippen LogP contribution in [0.15, 0.2) is 22.9 Å². The van der Waals surface area contributed by atoms with Crippen LogP contribution in [0.3, 0.4) is 0 Å². The Bertz CT molecular complexity index is 680. The van der Waals surface area contributed by atoms with Crippen LogP contribution in [0, 0.1) is 6.92 Å². The number of hydrogen-bond donors (Lipinski definition) is 1. The zero-order valence-corrected chi connectivity index (χ0v) is 13.5. The molecule has 2 aromatic rings. The standard InChI is InChI=1S/C15H21N5O3/c1-10-4-5-12(23-10)11(2)17-15(21)20-6-7-22-13(8-20)14-18-16-9-19(14)3/h4-5,9,11,13H,6-8H2,1-3H3,(H,17,21)/t11-,13+/m1/s1. The second-order valence-corrected chi connectivity index (χ2v) is 5.73. The SMILES string of the molecule is Cc1ccc([C@@H](C)NC(=O)N2CCO[C@H](c3nncn3C)C2)o1. The number of amides is 2. The number of rotatable bonds is 3. The van der Waals surface area contributed by atoms with Crippen LogP contribution in [-0.4, -0.2) is 45.4 Å². The summed E-state index contributed by atoms with van der Waals surface area (Å²) in [5.74, 6) is 2.29. The van der Waals surface area contributed by atoms with Crippen LogP contribution in [0.5, 0.6) is 0 Å². The first-order chi connectivity index (χ1) is 11.0. The van der Waals surface area contributed by atoms with Gasteiger partial charge >= 0.3 is 6.03 Å². The molecule has 0 unspecified atom stereocenters. The third-order valence-electron chi connectivity index (χ3n) is 3.92. The van der Waals surface area contributed by atoms with Crippen molar-refractivity contribution in [2.24, 2.45) is 7.05 Å². The molecule has 3 rings (SSSR count). The van der Waals surface area contributed by atoms with Gasteiger partial charge in [-0.3, -0.25) is 0 Å². The normalized spacial score (nSPS) is 19.6. The number of urea groups is 1. The van der Waals surface area contributed by atoms with Crippen molar-refractivity contribution in [3.63, 3.8) is 0 Å². The molecular weight excluding hydrogens is 298 g/mol. The highest BCUT2D eigenvalue weighted by molar-refractivity contribution is 5.74. The fraction of sp³-hybridized carbons (Fsp3) is 0.533. The molecule has 1 aliphatic heterocycles. The van der Waals surface area contributed by atoms with E-state index in [1.807, 2.05) is 33.0 Å². The minimum absolute atomic E-state index is 0.137. The lowest BCUT2D eigenvalue weighted by atomic mass is 10.2. The second-order valence-electron chi connectivity index (χ2n) is 5.73. The summed E-state index contributed by atoms with van der Waals surface area (Å²) in [7, 11) is 1.86. The zero-order chi connectivity index (χ0) is 16.4. The smallest absolute Gasteiger partial charge is 0.318 e. The number of aromatic nitrogens is 3. The lowest BCUT2D eigenvalue weighted by Gasteiger charge is -2.33. The monoisotopic (exact) mass is 319 g/mol. The predicted molar refractivity (Wildman–Crippen MR) is 81.7 cm³/mol. The molecule has 0 radical (unpaired) electrons. The van der Waals surface area contributed by atoms with E-state index in [4.69, 9.17) is 9.15 Å². The number of furan rings is 1. The van der Waals surface area contributed by atoms with Crippen LogP contribution in [0.1, 0.15) is 36.4 Å². The molecule has 1 fully saturated rings. The van der Waals surface area contributed by atoms with Gasteiger partial charge in [0.05, 0.1) is 19.2 Å². The number of carbonyl (C=O) groups is 1. The Balaban J connectivity index is 1.62. The van der Waals surface area contributed by atoms with Crippen LogP contribution in [0.4, 0.5) is 4.79 Å². The van der Waals surface area contributed by atoms with Crippen molar-refractivity contribution in [3.05, 3.63) is 35.8 Å². The highest BCUT2D eigenvalue weighted by Crippen LogP contribution is 2.21.